The van der Waals surface area contributed by atoms with E-state index < -0.39 is 0 Å². The van der Waals surface area contributed by atoms with E-state index in [0.717, 1.165) is 17.4 Å². The number of rotatable bonds is 1. The lowest BCUT2D eigenvalue weighted by Crippen LogP contribution is -2.31. The first-order valence-electron chi connectivity index (χ1n) is 6.30. The molecule has 1 aromatic carbocycles. The van der Waals surface area contributed by atoms with Crippen molar-refractivity contribution in [2.75, 3.05) is 13.1 Å². The molecule has 0 saturated carbocycles. The first-order valence-corrected chi connectivity index (χ1v) is 6.68. The van der Waals surface area contributed by atoms with E-state index in [0.29, 0.717) is 29.5 Å². The van der Waals surface area contributed by atoms with Crippen LogP contribution in [0, 0.1) is 6.92 Å². The number of hydrogen-bond acceptors (Lipinski definition) is 3. The Hall–Kier alpha value is -1.52. The summed E-state index contributed by atoms with van der Waals surface area (Å²) in [5.41, 5.74) is 7.25. The molecule has 2 N–H and O–H groups in total. The number of likely N-dealkylation sites (tertiary alicyclic amines) is 1. The smallest absolute Gasteiger partial charge is 0.289 e. The first-order chi connectivity index (χ1) is 9.08. The van der Waals surface area contributed by atoms with Gasteiger partial charge in [-0.05, 0) is 19.4 Å². The molecule has 3 rings (SSSR count). The Bertz CT molecular complexity index is 650. The van der Waals surface area contributed by atoms with Gasteiger partial charge >= 0.3 is 0 Å². The summed E-state index contributed by atoms with van der Waals surface area (Å²) in [5.74, 6) is 0.273. The summed E-state index contributed by atoms with van der Waals surface area (Å²) in [6, 6.07) is 5.59. The third-order valence-electron chi connectivity index (χ3n) is 3.62. The molecule has 1 fully saturated rings. The van der Waals surface area contributed by atoms with Gasteiger partial charge in [-0.25, -0.2) is 0 Å². The SMILES string of the molecule is Cc1c(C(=O)N2CC[C@@H](N)C2)oc2c(Cl)cccc12. The third-order valence-corrected chi connectivity index (χ3v) is 3.92. The van der Waals surface area contributed by atoms with Crippen molar-refractivity contribution in [3.8, 4) is 0 Å². The van der Waals surface area contributed by atoms with Crippen LogP contribution in [-0.4, -0.2) is 29.9 Å². The van der Waals surface area contributed by atoms with Gasteiger partial charge in [0.15, 0.2) is 11.3 Å². The fourth-order valence-corrected chi connectivity index (χ4v) is 2.74. The second-order valence-corrected chi connectivity index (χ2v) is 5.38. The van der Waals surface area contributed by atoms with E-state index in [9.17, 15) is 4.79 Å². The van der Waals surface area contributed by atoms with E-state index in [1.807, 2.05) is 19.1 Å². The highest BCUT2D eigenvalue weighted by Gasteiger charge is 2.28. The number of para-hydroxylation sites is 1. The van der Waals surface area contributed by atoms with Gasteiger partial charge in [0.1, 0.15) is 0 Å². The Morgan fingerprint density at radius 2 is 2.32 bits per heavy atom. The van der Waals surface area contributed by atoms with E-state index in [4.69, 9.17) is 21.8 Å². The van der Waals surface area contributed by atoms with Gasteiger partial charge in [0.25, 0.3) is 5.91 Å². The van der Waals surface area contributed by atoms with Crippen LogP contribution in [0.25, 0.3) is 11.0 Å². The number of halogens is 1. The number of benzene rings is 1. The highest BCUT2D eigenvalue weighted by Crippen LogP contribution is 2.31. The van der Waals surface area contributed by atoms with Crippen LogP contribution in [0.2, 0.25) is 5.02 Å². The summed E-state index contributed by atoms with van der Waals surface area (Å²) in [6.45, 7) is 3.15. The van der Waals surface area contributed by atoms with Crippen LogP contribution < -0.4 is 5.73 Å². The summed E-state index contributed by atoms with van der Waals surface area (Å²) in [6.07, 6.45) is 0.839. The largest absolute Gasteiger partial charge is 0.449 e. The number of fused-ring (bicyclic) bond motifs is 1. The fourth-order valence-electron chi connectivity index (χ4n) is 2.53. The second-order valence-electron chi connectivity index (χ2n) is 4.97. The predicted molar refractivity (Wildman–Crippen MR) is 74.5 cm³/mol. The van der Waals surface area contributed by atoms with Crippen LogP contribution in [0.4, 0.5) is 0 Å². The van der Waals surface area contributed by atoms with E-state index in [-0.39, 0.29) is 11.9 Å². The summed E-state index contributed by atoms with van der Waals surface area (Å²) < 4.78 is 5.68. The van der Waals surface area contributed by atoms with Crippen LogP contribution in [-0.2, 0) is 0 Å². The number of amides is 1. The summed E-state index contributed by atoms with van der Waals surface area (Å²) in [5, 5.41) is 1.41. The Morgan fingerprint density at radius 3 is 2.95 bits per heavy atom. The number of nitrogens with two attached hydrogens (primary N) is 1. The second kappa shape index (κ2) is 4.54. The van der Waals surface area contributed by atoms with Gasteiger partial charge in [0.05, 0.1) is 5.02 Å². The molecule has 1 atom stereocenters. The van der Waals surface area contributed by atoms with Crippen molar-refractivity contribution in [1.29, 1.82) is 0 Å². The molecule has 0 aliphatic carbocycles. The lowest BCUT2D eigenvalue weighted by molar-refractivity contribution is 0.0760. The quantitative estimate of drug-likeness (QED) is 0.872. The van der Waals surface area contributed by atoms with Crippen LogP contribution in [0.3, 0.4) is 0 Å². The van der Waals surface area contributed by atoms with Crippen LogP contribution in [0.1, 0.15) is 22.5 Å². The highest BCUT2D eigenvalue weighted by atomic mass is 35.5. The highest BCUT2D eigenvalue weighted by molar-refractivity contribution is 6.35. The molecule has 1 saturated heterocycles. The van der Waals surface area contributed by atoms with E-state index in [2.05, 4.69) is 0 Å². The van der Waals surface area contributed by atoms with Gasteiger partial charge in [0.2, 0.25) is 0 Å². The van der Waals surface area contributed by atoms with Gasteiger partial charge in [-0.1, -0.05) is 23.7 Å². The Labute approximate surface area is 116 Å². The predicted octanol–water partition coefficient (Wildman–Crippen LogP) is 2.57. The third kappa shape index (κ3) is 2.01. The molecule has 1 aromatic heterocycles. The molecule has 0 unspecified atom stereocenters. The average molecular weight is 279 g/mol. The van der Waals surface area contributed by atoms with E-state index in [1.165, 1.54) is 0 Å². The zero-order valence-electron chi connectivity index (χ0n) is 10.6. The fraction of sp³-hybridized carbons (Fsp3) is 0.357. The van der Waals surface area contributed by atoms with Crippen molar-refractivity contribution in [3.63, 3.8) is 0 Å². The molecule has 0 radical (unpaired) electrons. The van der Waals surface area contributed by atoms with Crippen molar-refractivity contribution in [2.24, 2.45) is 5.73 Å². The molecule has 100 valence electrons. The topological polar surface area (TPSA) is 59.5 Å². The molecule has 1 aliphatic heterocycles. The Kier molecular flexibility index (Phi) is 2.99. The number of nitrogens with zero attached hydrogens (tertiary/aromatic N) is 1. The van der Waals surface area contributed by atoms with Crippen LogP contribution in [0.15, 0.2) is 22.6 Å². The number of aryl methyl sites for hydroxylation is 1. The summed E-state index contributed by atoms with van der Waals surface area (Å²) in [7, 11) is 0. The molecular formula is C14H15ClN2O2. The number of hydrogen-bond donors (Lipinski definition) is 1. The van der Waals surface area contributed by atoms with Crippen molar-refractivity contribution in [2.45, 2.75) is 19.4 Å². The Balaban J connectivity index is 2.03. The molecule has 1 amide bonds. The van der Waals surface area contributed by atoms with Gasteiger partial charge in [-0.15, -0.1) is 0 Å². The number of carbonyl (C=O) groups is 1. The molecule has 2 aromatic rings. The average Bonchev–Trinajstić information content (AvgIpc) is 2.95. The van der Waals surface area contributed by atoms with Crippen molar-refractivity contribution in [3.05, 3.63) is 34.5 Å². The molecule has 0 bridgehead atoms. The molecule has 19 heavy (non-hydrogen) atoms. The lowest BCUT2D eigenvalue weighted by atomic mass is 10.1. The van der Waals surface area contributed by atoms with Crippen molar-refractivity contribution in [1.82, 2.24) is 4.90 Å². The number of carbonyl (C=O) groups excluding carboxylic acids is 1. The van der Waals surface area contributed by atoms with Gasteiger partial charge in [-0.3, -0.25) is 4.79 Å². The first kappa shape index (κ1) is 12.5. The molecule has 2 heterocycles. The molecular weight excluding hydrogens is 264 g/mol. The maximum absolute atomic E-state index is 12.4. The summed E-state index contributed by atoms with van der Waals surface area (Å²) >= 11 is 6.09. The maximum Gasteiger partial charge on any atom is 0.289 e. The minimum atomic E-state index is -0.0993. The minimum Gasteiger partial charge on any atom is -0.449 e. The standard InChI is InChI=1S/C14H15ClN2O2/c1-8-10-3-2-4-11(15)13(10)19-12(8)14(18)17-6-5-9(16)7-17/h2-4,9H,5-7,16H2,1H3/t9-/m1/s1. The number of furan rings is 1. The van der Waals surface area contributed by atoms with Gasteiger partial charge in [0, 0.05) is 30.1 Å². The molecule has 1 aliphatic rings. The van der Waals surface area contributed by atoms with Crippen molar-refractivity contribution >= 4 is 28.5 Å². The molecule has 5 heteroatoms. The van der Waals surface area contributed by atoms with Gasteiger partial charge in [-0.2, -0.15) is 0 Å². The Morgan fingerprint density at radius 1 is 1.53 bits per heavy atom. The maximum atomic E-state index is 12.4. The lowest BCUT2D eigenvalue weighted by Gasteiger charge is -2.14. The zero-order valence-corrected chi connectivity index (χ0v) is 11.4. The van der Waals surface area contributed by atoms with Gasteiger partial charge < -0.3 is 15.1 Å². The summed E-state index contributed by atoms with van der Waals surface area (Å²) in [4.78, 5) is 14.2. The van der Waals surface area contributed by atoms with E-state index in [1.54, 1.807) is 11.0 Å². The van der Waals surface area contributed by atoms with Crippen molar-refractivity contribution < 1.29 is 9.21 Å². The molecule has 4 nitrogen and oxygen atoms in total. The van der Waals surface area contributed by atoms with E-state index >= 15 is 0 Å². The minimum absolute atomic E-state index is 0.0669. The van der Waals surface area contributed by atoms with Crippen LogP contribution in [0.5, 0.6) is 0 Å². The molecule has 0 spiro atoms. The monoisotopic (exact) mass is 278 g/mol. The van der Waals surface area contributed by atoms with Crippen LogP contribution >= 0.6 is 11.6 Å². The normalized spacial score (nSPS) is 19.3. The zero-order chi connectivity index (χ0) is 13.6.